The molecule has 0 unspecified atom stereocenters. The first-order chi connectivity index (χ1) is 14.5. The molecule has 0 spiro atoms. The number of benzene rings is 3. The van der Waals surface area contributed by atoms with Crippen LogP contribution in [0.15, 0.2) is 82.6 Å². The van der Waals surface area contributed by atoms with Gasteiger partial charge in [-0.25, -0.2) is 4.57 Å². The molecule has 0 aliphatic heterocycles. The molecule has 0 saturated heterocycles. The third kappa shape index (κ3) is 3.44. The Hall–Kier alpha value is -4.26. The molecule has 7 nitrogen and oxygen atoms in total. The summed E-state index contributed by atoms with van der Waals surface area (Å²) in [6.45, 7) is 1.94. The first kappa shape index (κ1) is 19.1. The fourth-order valence-corrected chi connectivity index (χ4v) is 3.22. The lowest BCUT2D eigenvalue weighted by molar-refractivity contribution is -0.384. The number of non-ortho nitro benzene ring substituents is 1. The van der Waals surface area contributed by atoms with E-state index in [0.717, 1.165) is 5.56 Å². The van der Waals surface area contributed by atoms with Crippen molar-refractivity contribution in [1.29, 1.82) is 0 Å². The minimum absolute atomic E-state index is 0.0323. The Morgan fingerprint density at radius 3 is 2.23 bits per heavy atom. The predicted molar refractivity (Wildman–Crippen MR) is 116 cm³/mol. The van der Waals surface area contributed by atoms with Crippen LogP contribution in [0.3, 0.4) is 0 Å². The first-order valence-electron chi connectivity index (χ1n) is 9.18. The van der Waals surface area contributed by atoms with Crippen LogP contribution in [-0.4, -0.2) is 20.8 Å². The fourth-order valence-electron chi connectivity index (χ4n) is 3.22. The number of nitro groups is 1. The molecule has 0 bridgehead atoms. The van der Waals surface area contributed by atoms with Crippen molar-refractivity contribution in [3.63, 3.8) is 0 Å². The topological polar surface area (TPSA) is 97.7 Å². The maximum absolute atomic E-state index is 13.1. The van der Waals surface area contributed by atoms with Crippen LogP contribution in [0, 0.1) is 17.0 Å². The van der Waals surface area contributed by atoms with Gasteiger partial charge in [0.05, 0.1) is 21.9 Å². The second kappa shape index (κ2) is 7.63. The van der Waals surface area contributed by atoms with E-state index in [1.54, 1.807) is 36.4 Å². The van der Waals surface area contributed by atoms with Gasteiger partial charge in [-0.3, -0.25) is 19.9 Å². The standard InChI is InChI=1S/C23H17N3O4/c1-15-6-10-17(11-7-15)25-22(27)20-5-3-2-4-19(20)21(23(25)28)14-24-16-8-12-18(13-9-16)26(29)30/h2-14,28H,1H3. The van der Waals surface area contributed by atoms with Gasteiger partial charge in [-0.2, -0.15) is 0 Å². The number of rotatable bonds is 4. The number of nitrogens with zero attached hydrogens (tertiary/aromatic N) is 3. The van der Waals surface area contributed by atoms with Gasteiger partial charge < -0.3 is 5.11 Å². The van der Waals surface area contributed by atoms with Crippen molar-refractivity contribution in [2.75, 3.05) is 0 Å². The Labute approximate surface area is 171 Å². The lowest BCUT2D eigenvalue weighted by atomic mass is 10.1. The van der Waals surface area contributed by atoms with Crippen molar-refractivity contribution in [3.05, 3.63) is 104 Å². The molecular weight excluding hydrogens is 382 g/mol. The van der Waals surface area contributed by atoms with Crippen molar-refractivity contribution >= 4 is 28.4 Å². The number of hydrogen-bond acceptors (Lipinski definition) is 5. The number of fused-ring (bicyclic) bond motifs is 1. The van der Waals surface area contributed by atoms with Crippen molar-refractivity contribution in [1.82, 2.24) is 4.57 Å². The third-order valence-electron chi connectivity index (χ3n) is 4.80. The zero-order valence-electron chi connectivity index (χ0n) is 16.0. The van der Waals surface area contributed by atoms with Gasteiger partial charge in [-0.15, -0.1) is 0 Å². The van der Waals surface area contributed by atoms with E-state index in [1.807, 2.05) is 19.1 Å². The number of hydrogen-bond donors (Lipinski definition) is 1. The predicted octanol–water partition coefficient (Wildman–Crippen LogP) is 4.66. The summed E-state index contributed by atoms with van der Waals surface area (Å²) in [5.74, 6) is -0.229. The second-order valence-corrected chi connectivity index (χ2v) is 6.79. The normalized spacial score (nSPS) is 11.2. The highest BCUT2D eigenvalue weighted by atomic mass is 16.6. The number of aromatic nitrogens is 1. The smallest absolute Gasteiger partial charge is 0.269 e. The van der Waals surface area contributed by atoms with Crippen LogP contribution in [0.5, 0.6) is 5.88 Å². The lowest BCUT2D eigenvalue weighted by Gasteiger charge is -2.14. The van der Waals surface area contributed by atoms with E-state index in [0.29, 0.717) is 27.7 Å². The Bertz CT molecular complexity index is 1340. The van der Waals surface area contributed by atoms with Crippen molar-refractivity contribution in [2.45, 2.75) is 6.92 Å². The van der Waals surface area contributed by atoms with Gasteiger partial charge in [0.2, 0.25) is 5.88 Å². The second-order valence-electron chi connectivity index (χ2n) is 6.79. The fraction of sp³-hybridized carbons (Fsp3) is 0.0435. The minimum Gasteiger partial charge on any atom is -0.494 e. The Morgan fingerprint density at radius 1 is 0.967 bits per heavy atom. The SMILES string of the molecule is Cc1ccc(-n2c(O)c(C=Nc3ccc([N+](=O)[O-])cc3)c3ccccc3c2=O)cc1. The van der Waals surface area contributed by atoms with Crippen LogP contribution in [0.1, 0.15) is 11.1 Å². The number of aromatic hydroxyl groups is 1. The van der Waals surface area contributed by atoms with E-state index in [-0.39, 0.29) is 17.1 Å². The molecule has 1 N–H and O–H groups in total. The molecule has 0 saturated carbocycles. The highest BCUT2D eigenvalue weighted by Crippen LogP contribution is 2.27. The van der Waals surface area contributed by atoms with Gasteiger partial charge in [-0.05, 0) is 37.3 Å². The van der Waals surface area contributed by atoms with Crippen molar-refractivity contribution in [2.24, 2.45) is 4.99 Å². The summed E-state index contributed by atoms with van der Waals surface area (Å²) >= 11 is 0. The molecule has 0 aliphatic rings. The summed E-state index contributed by atoms with van der Waals surface area (Å²) in [5, 5.41) is 22.8. The van der Waals surface area contributed by atoms with Crippen molar-refractivity contribution in [3.8, 4) is 11.6 Å². The van der Waals surface area contributed by atoms with E-state index in [9.17, 15) is 20.0 Å². The zero-order chi connectivity index (χ0) is 21.3. The largest absolute Gasteiger partial charge is 0.494 e. The molecule has 30 heavy (non-hydrogen) atoms. The molecule has 4 rings (SSSR count). The summed E-state index contributed by atoms with van der Waals surface area (Å²) in [5.41, 5.74) is 2.07. The maximum Gasteiger partial charge on any atom is 0.269 e. The van der Waals surface area contributed by atoms with Crippen LogP contribution in [0.2, 0.25) is 0 Å². The van der Waals surface area contributed by atoms with Crippen LogP contribution >= 0.6 is 0 Å². The van der Waals surface area contributed by atoms with Gasteiger partial charge in [0.1, 0.15) is 0 Å². The van der Waals surface area contributed by atoms with Gasteiger partial charge >= 0.3 is 0 Å². The molecule has 7 heteroatoms. The minimum atomic E-state index is -0.482. The quantitative estimate of drug-likeness (QED) is 0.306. The molecule has 4 aromatic rings. The molecule has 1 heterocycles. The van der Waals surface area contributed by atoms with Gasteiger partial charge in [-0.1, -0.05) is 35.9 Å². The average Bonchev–Trinajstić information content (AvgIpc) is 2.75. The number of aliphatic imine (C=N–C) groups is 1. The monoisotopic (exact) mass is 399 g/mol. The van der Waals surface area contributed by atoms with E-state index in [1.165, 1.54) is 35.0 Å². The van der Waals surface area contributed by atoms with Crippen LogP contribution in [0.4, 0.5) is 11.4 Å². The third-order valence-corrected chi connectivity index (χ3v) is 4.80. The summed E-state index contributed by atoms with van der Waals surface area (Å²) < 4.78 is 1.25. The van der Waals surface area contributed by atoms with Crippen LogP contribution in [0.25, 0.3) is 16.5 Å². The van der Waals surface area contributed by atoms with Crippen LogP contribution < -0.4 is 5.56 Å². The highest BCUT2D eigenvalue weighted by molar-refractivity contribution is 6.02. The molecule has 0 radical (unpaired) electrons. The molecule has 0 aliphatic carbocycles. The summed E-state index contributed by atoms with van der Waals surface area (Å²) in [7, 11) is 0. The van der Waals surface area contributed by atoms with E-state index < -0.39 is 4.92 Å². The van der Waals surface area contributed by atoms with Gasteiger partial charge in [0, 0.05) is 29.1 Å². The maximum atomic E-state index is 13.1. The highest BCUT2D eigenvalue weighted by Gasteiger charge is 2.16. The summed E-state index contributed by atoms with van der Waals surface area (Å²) in [6.07, 6.45) is 1.46. The Morgan fingerprint density at radius 2 is 1.60 bits per heavy atom. The van der Waals surface area contributed by atoms with Crippen LogP contribution in [-0.2, 0) is 0 Å². The Kier molecular flexibility index (Phi) is 4.85. The number of nitro benzene ring substituents is 1. The van der Waals surface area contributed by atoms with Gasteiger partial charge in [0.25, 0.3) is 11.2 Å². The Balaban J connectivity index is 1.89. The van der Waals surface area contributed by atoms with E-state index >= 15 is 0 Å². The molecule has 1 aromatic heterocycles. The van der Waals surface area contributed by atoms with Gasteiger partial charge in [0.15, 0.2) is 0 Å². The van der Waals surface area contributed by atoms with E-state index in [4.69, 9.17) is 0 Å². The zero-order valence-corrected chi connectivity index (χ0v) is 16.0. The molecule has 0 fully saturated rings. The lowest BCUT2D eigenvalue weighted by Crippen LogP contribution is -2.20. The van der Waals surface area contributed by atoms with Crippen molar-refractivity contribution < 1.29 is 10.0 Å². The molecule has 0 atom stereocenters. The average molecular weight is 399 g/mol. The molecule has 148 valence electrons. The molecular formula is C23H17N3O4. The molecule has 0 amide bonds. The summed E-state index contributed by atoms with van der Waals surface area (Å²) in [4.78, 5) is 27.7. The summed E-state index contributed by atoms with van der Waals surface area (Å²) in [6, 6.07) is 20.0. The number of aryl methyl sites for hydroxylation is 1. The van der Waals surface area contributed by atoms with E-state index in [2.05, 4.69) is 4.99 Å². The number of pyridine rings is 1. The first-order valence-corrected chi connectivity index (χ1v) is 9.18. The molecule has 3 aromatic carbocycles.